The van der Waals surface area contributed by atoms with Gasteiger partial charge in [0.1, 0.15) is 5.75 Å². The van der Waals surface area contributed by atoms with Crippen LogP contribution in [0.5, 0.6) is 5.75 Å². The Hall–Kier alpha value is -1.51. The molecule has 0 aliphatic rings. The maximum atomic E-state index is 10.2. The molecule has 1 rings (SSSR count). The van der Waals surface area contributed by atoms with E-state index >= 15 is 0 Å². The standard InChI is InChI=1S/C15H23NO2/c1-3-5-11-16(12-6-4-2)14-7-9-15(10-8-14)18-13-17/h7-10,13H,3-6,11-12H2,1-2H3. The van der Waals surface area contributed by atoms with Gasteiger partial charge < -0.3 is 9.64 Å². The van der Waals surface area contributed by atoms with Crippen molar-refractivity contribution in [3.8, 4) is 5.75 Å². The Morgan fingerprint density at radius 1 is 1.06 bits per heavy atom. The van der Waals surface area contributed by atoms with Crippen molar-refractivity contribution >= 4 is 12.2 Å². The highest BCUT2D eigenvalue weighted by atomic mass is 16.5. The number of hydrogen-bond donors (Lipinski definition) is 0. The van der Waals surface area contributed by atoms with Crippen LogP contribution < -0.4 is 9.64 Å². The minimum atomic E-state index is 0.459. The molecule has 0 saturated heterocycles. The van der Waals surface area contributed by atoms with Crippen LogP contribution in [0.25, 0.3) is 0 Å². The summed E-state index contributed by atoms with van der Waals surface area (Å²) in [6, 6.07) is 7.72. The topological polar surface area (TPSA) is 29.5 Å². The Bertz CT molecular complexity index is 327. The molecule has 18 heavy (non-hydrogen) atoms. The number of hydrogen-bond acceptors (Lipinski definition) is 3. The third kappa shape index (κ3) is 4.78. The van der Waals surface area contributed by atoms with Gasteiger partial charge in [0.25, 0.3) is 6.47 Å². The maximum absolute atomic E-state index is 10.2. The van der Waals surface area contributed by atoms with E-state index < -0.39 is 0 Å². The Morgan fingerprint density at radius 3 is 2.06 bits per heavy atom. The molecule has 0 atom stereocenters. The summed E-state index contributed by atoms with van der Waals surface area (Å²) in [4.78, 5) is 12.6. The van der Waals surface area contributed by atoms with E-state index in [9.17, 15) is 4.79 Å². The first-order valence-electron chi connectivity index (χ1n) is 6.77. The van der Waals surface area contributed by atoms with Gasteiger partial charge in [0, 0.05) is 18.8 Å². The molecule has 3 nitrogen and oxygen atoms in total. The third-order valence-electron chi connectivity index (χ3n) is 2.95. The van der Waals surface area contributed by atoms with Crippen molar-refractivity contribution in [2.24, 2.45) is 0 Å². The van der Waals surface area contributed by atoms with Gasteiger partial charge in [0.05, 0.1) is 0 Å². The highest BCUT2D eigenvalue weighted by Gasteiger charge is 2.05. The molecule has 0 N–H and O–H groups in total. The van der Waals surface area contributed by atoms with Gasteiger partial charge in [-0.15, -0.1) is 0 Å². The number of carbonyl (C=O) groups is 1. The minimum Gasteiger partial charge on any atom is -0.429 e. The number of rotatable bonds is 9. The van der Waals surface area contributed by atoms with Crippen LogP contribution in [0, 0.1) is 0 Å². The van der Waals surface area contributed by atoms with Crippen molar-refractivity contribution < 1.29 is 9.53 Å². The third-order valence-corrected chi connectivity index (χ3v) is 2.95. The summed E-state index contributed by atoms with van der Waals surface area (Å²) in [5.41, 5.74) is 1.20. The molecule has 1 aromatic rings. The predicted octanol–water partition coefficient (Wildman–Crippen LogP) is 3.63. The molecule has 0 aliphatic heterocycles. The summed E-state index contributed by atoms with van der Waals surface area (Å²) >= 11 is 0. The van der Waals surface area contributed by atoms with E-state index in [1.54, 1.807) is 0 Å². The first-order valence-corrected chi connectivity index (χ1v) is 6.77. The lowest BCUT2D eigenvalue weighted by Gasteiger charge is -2.24. The van der Waals surface area contributed by atoms with E-state index in [4.69, 9.17) is 4.74 Å². The summed E-state index contributed by atoms with van der Waals surface area (Å²) in [6.45, 7) is 7.05. The summed E-state index contributed by atoms with van der Waals surface area (Å²) < 4.78 is 4.80. The molecule has 1 aromatic carbocycles. The zero-order valence-corrected chi connectivity index (χ0v) is 11.4. The van der Waals surface area contributed by atoms with Gasteiger partial charge in [-0.2, -0.15) is 0 Å². The van der Waals surface area contributed by atoms with Gasteiger partial charge in [-0.1, -0.05) is 26.7 Å². The first kappa shape index (κ1) is 14.6. The monoisotopic (exact) mass is 249 g/mol. The van der Waals surface area contributed by atoms with Crippen LogP contribution in [0.4, 0.5) is 5.69 Å². The summed E-state index contributed by atoms with van der Waals surface area (Å²) in [6.07, 6.45) is 4.82. The fourth-order valence-electron chi connectivity index (χ4n) is 1.86. The van der Waals surface area contributed by atoms with E-state index in [2.05, 4.69) is 18.7 Å². The van der Waals surface area contributed by atoms with Crippen molar-refractivity contribution in [3.63, 3.8) is 0 Å². The molecule has 3 heteroatoms. The average molecular weight is 249 g/mol. The van der Waals surface area contributed by atoms with Crippen molar-refractivity contribution in [1.29, 1.82) is 0 Å². The van der Waals surface area contributed by atoms with Crippen LogP contribution in [-0.4, -0.2) is 19.6 Å². The van der Waals surface area contributed by atoms with Crippen LogP contribution in [0.15, 0.2) is 24.3 Å². The van der Waals surface area contributed by atoms with E-state index in [0.29, 0.717) is 12.2 Å². The molecule has 0 unspecified atom stereocenters. The fraction of sp³-hybridized carbons (Fsp3) is 0.533. The van der Waals surface area contributed by atoms with E-state index in [1.165, 1.54) is 31.4 Å². The molecule has 0 radical (unpaired) electrons. The second kappa shape index (κ2) is 8.56. The lowest BCUT2D eigenvalue weighted by atomic mass is 10.2. The van der Waals surface area contributed by atoms with Gasteiger partial charge >= 0.3 is 0 Å². The van der Waals surface area contributed by atoms with Gasteiger partial charge in [-0.25, -0.2) is 0 Å². The largest absolute Gasteiger partial charge is 0.429 e. The summed E-state index contributed by atoms with van der Waals surface area (Å²) in [5.74, 6) is 0.597. The molecule has 0 aliphatic carbocycles. The zero-order valence-electron chi connectivity index (χ0n) is 11.4. The number of carbonyl (C=O) groups excluding carboxylic acids is 1. The van der Waals surface area contributed by atoms with Crippen LogP contribution in [-0.2, 0) is 4.79 Å². The van der Waals surface area contributed by atoms with Gasteiger partial charge in [0.15, 0.2) is 0 Å². The molecule has 0 saturated carbocycles. The molecular formula is C15H23NO2. The Morgan fingerprint density at radius 2 is 1.61 bits per heavy atom. The maximum Gasteiger partial charge on any atom is 0.298 e. The van der Waals surface area contributed by atoms with Crippen LogP contribution >= 0.6 is 0 Å². The summed E-state index contributed by atoms with van der Waals surface area (Å²) in [5, 5.41) is 0. The zero-order chi connectivity index (χ0) is 13.2. The molecule has 0 spiro atoms. The average Bonchev–Trinajstić information content (AvgIpc) is 2.41. The molecule has 100 valence electrons. The smallest absolute Gasteiger partial charge is 0.298 e. The van der Waals surface area contributed by atoms with Crippen LogP contribution in [0.3, 0.4) is 0 Å². The molecule has 0 aromatic heterocycles. The number of nitrogens with zero attached hydrogens (tertiary/aromatic N) is 1. The Balaban J connectivity index is 2.67. The lowest BCUT2D eigenvalue weighted by Crippen LogP contribution is -2.25. The van der Waals surface area contributed by atoms with Crippen molar-refractivity contribution in [1.82, 2.24) is 0 Å². The normalized spacial score (nSPS) is 10.1. The summed E-state index contributed by atoms with van der Waals surface area (Å²) in [7, 11) is 0. The Kier molecular flexibility index (Phi) is 6.92. The van der Waals surface area contributed by atoms with E-state index in [-0.39, 0.29) is 0 Å². The van der Waals surface area contributed by atoms with Gasteiger partial charge in [0.2, 0.25) is 0 Å². The number of ether oxygens (including phenoxy) is 1. The predicted molar refractivity (Wildman–Crippen MR) is 75.2 cm³/mol. The Labute approximate surface area is 110 Å². The quantitative estimate of drug-likeness (QED) is 0.626. The second-order valence-electron chi connectivity index (χ2n) is 4.40. The molecule has 0 bridgehead atoms. The number of anilines is 1. The van der Waals surface area contributed by atoms with Gasteiger partial charge in [-0.05, 0) is 37.1 Å². The second-order valence-corrected chi connectivity index (χ2v) is 4.40. The van der Waals surface area contributed by atoms with Crippen LogP contribution in [0.2, 0.25) is 0 Å². The van der Waals surface area contributed by atoms with E-state index in [1.807, 2.05) is 24.3 Å². The highest BCUT2D eigenvalue weighted by molar-refractivity contribution is 5.52. The lowest BCUT2D eigenvalue weighted by molar-refractivity contribution is -0.120. The van der Waals surface area contributed by atoms with Crippen LogP contribution in [0.1, 0.15) is 39.5 Å². The van der Waals surface area contributed by atoms with Gasteiger partial charge in [-0.3, -0.25) is 4.79 Å². The highest BCUT2D eigenvalue weighted by Crippen LogP contribution is 2.20. The van der Waals surface area contributed by atoms with Crippen molar-refractivity contribution in [3.05, 3.63) is 24.3 Å². The molecule has 0 amide bonds. The van der Waals surface area contributed by atoms with Crippen molar-refractivity contribution in [2.75, 3.05) is 18.0 Å². The first-order chi connectivity index (χ1) is 8.81. The number of unbranched alkanes of at least 4 members (excludes halogenated alkanes) is 2. The SMILES string of the molecule is CCCCN(CCCC)c1ccc(OC=O)cc1. The van der Waals surface area contributed by atoms with Crippen molar-refractivity contribution in [2.45, 2.75) is 39.5 Å². The molecule has 0 heterocycles. The fourth-order valence-corrected chi connectivity index (χ4v) is 1.86. The minimum absolute atomic E-state index is 0.459. The van der Waals surface area contributed by atoms with E-state index in [0.717, 1.165) is 13.1 Å². The molecular weight excluding hydrogens is 226 g/mol. The number of benzene rings is 1. The molecule has 0 fully saturated rings.